The first-order valence-corrected chi connectivity index (χ1v) is 7.15. The van der Waals surface area contributed by atoms with E-state index >= 15 is 0 Å². The summed E-state index contributed by atoms with van der Waals surface area (Å²) in [6.45, 7) is 1.68. The predicted octanol–water partition coefficient (Wildman–Crippen LogP) is 3.39. The number of rotatable bonds is 7. The van der Waals surface area contributed by atoms with Crippen molar-refractivity contribution in [1.82, 2.24) is 9.47 Å². The monoisotopic (exact) mass is 342 g/mol. The largest absolute Gasteiger partial charge is 0.485 e. The highest BCUT2D eigenvalue weighted by molar-refractivity contribution is 6.30. The molecule has 0 bridgehead atoms. The van der Waals surface area contributed by atoms with Crippen molar-refractivity contribution in [1.29, 1.82) is 0 Å². The molecule has 0 saturated carbocycles. The summed E-state index contributed by atoms with van der Waals surface area (Å²) in [6.07, 6.45) is 1.92. The summed E-state index contributed by atoms with van der Waals surface area (Å²) in [5.74, 6) is 0.604. The lowest BCUT2D eigenvalue weighted by atomic mass is 10.3. The van der Waals surface area contributed by atoms with Crippen molar-refractivity contribution < 1.29 is 9.53 Å². The van der Waals surface area contributed by atoms with Gasteiger partial charge in [-0.2, -0.15) is 0 Å². The van der Waals surface area contributed by atoms with E-state index in [4.69, 9.17) is 16.3 Å². The third kappa shape index (κ3) is 5.37. The van der Waals surface area contributed by atoms with E-state index in [1.54, 1.807) is 24.3 Å². The minimum absolute atomic E-state index is 0. The first-order chi connectivity index (χ1) is 10.1. The van der Waals surface area contributed by atoms with Gasteiger partial charge in [0.25, 0.3) is 0 Å². The molecule has 0 fully saturated rings. The van der Waals surface area contributed by atoms with E-state index in [9.17, 15) is 4.79 Å². The third-order valence-corrected chi connectivity index (χ3v) is 3.34. The topological polar surface area (TPSA) is 34.5 Å². The van der Waals surface area contributed by atoms with Gasteiger partial charge in [-0.15, -0.1) is 12.4 Å². The second kappa shape index (κ2) is 8.83. The predicted molar refractivity (Wildman–Crippen MR) is 91.5 cm³/mol. The average Bonchev–Trinajstić information content (AvgIpc) is 2.92. The van der Waals surface area contributed by atoms with Gasteiger partial charge in [0.15, 0.2) is 6.61 Å². The van der Waals surface area contributed by atoms with Crippen molar-refractivity contribution in [3.05, 3.63) is 53.3 Å². The number of halogens is 2. The number of Topliss-reactive ketones (excluding diaryl/α,β-unsaturated/α-hetero) is 1. The Kier molecular flexibility index (Phi) is 7.45. The van der Waals surface area contributed by atoms with E-state index in [0.717, 1.165) is 13.1 Å². The number of hydrogen-bond acceptors (Lipinski definition) is 3. The van der Waals surface area contributed by atoms with Crippen LogP contribution >= 0.6 is 24.0 Å². The molecule has 1 heterocycles. The molecule has 0 N–H and O–H groups in total. The zero-order chi connectivity index (χ0) is 15.2. The molecule has 0 aliphatic carbocycles. The lowest BCUT2D eigenvalue weighted by molar-refractivity contribution is 0.0911. The van der Waals surface area contributed by atoms with E-state index in [1.807, 2.05) is 37.0 Å². The first-order valence-electron chi connectivity index (χ1n) is 6.77. The summed E-state index contributed by atoms with van der Waals surface area (Å²) in [5, 5.41) is 0.645. The highest BCUT2D eigenvalue weighted by Crippen LogP contribution is 2.16. The van der Waals surface area contributed by atoms with Gasteiger partial charge >= 0.3 is 0 Å². The van der Waals surface area contributed by atoms with Gasteiger partial charge in [0.2, 0.25) is 5.78 Å². The van der Waals surface area contributed by atoms with Gasteiger partial charge < -0.3 is 14.2 Å². The molecule has 2 aromatic rings. The number of benzene rings is 1. The fourth-order valence-electron chi connectivity index (χ4n) is 1.92. The smallest absolute Gasteiger partial charge is 0.216 e. The van der Waals surface area contributed by atoms with E-state index in [-0.39, 0.29) is 24.8 Å². The van der Waals surface area contributed by atoms with Crippen molar-refractivity contribution in [2.75, 3.05) is 27.2 Å². The third-order valence-electron chi connectivity index (χ3n) is 3.09. The number of hydrogen-bond donors (Lipinski definition) is 0. The van der Waals surface area contributed by atoms with Gasteiger partial charge in [-0.25, -0.2) is 0 Å². The molecule has 0 spiro atoms. The quantitative estimate of drug-likeness (QED) is 0.723. The molecule has 0 aliphatic heterocycles. The lowest BCUT2D eigenvalue weighted by Gasteiger charge is -2.13. The fraction of sp³-hybridized carbons (Fsp3) is 0.312. The summed E-state index contributed by atoms with van der Waals surface area (Å²) < 4.78 is 7.45. The summed E-state index contributed by atoms with van der Waals surface area (Å²) in [4.78, 5) is 14.3. The Morgan fingerprint density at radius 2 is 1.91 bits per heavy atom. The maximum atomic E-state index is 12.2. The van der Waals surface area contributed by atoms with Crippen molar-refractivity contribution in [2.24, 2.45) is 0 Å². The summed E-state index contributed by atoms with van der Waals surface area (Å²) in [5.41, 5.74) is 0.672. The standard InChI is InChI=1S/C16H19ClN2O2.ClH/c1-18(2)10-11-19-9-3-4-15(19)16(20)12-21-14-7-5-13(17)6-8-14;/h3-9H,10-12H2,1-2H3;1H. The van der Waals surface area contributed by atoms with Crippen LogP contribution in [0.1, 0.15) is 10.5 Å². The zero-order valence-electron chi connectivity index (χ0n) is 12.7. The summed E-state index contributed by atoms with van der Waals surface area (Å²) in [7, 11) is 4.02. The van der Waals surface area contributed by atoms with E-state index in [1.165, 1.54) is 0 Å². The second-order valence-corrected chi connectivity index (χ2v) is 5.49. The van der Waals surface area contributed by atoms with Crippen molar-refractivity contribution in [2.45, 2.75) is 6.54 Å². The number of ether oxygens (including phenoxy) is 1. The van der Waals surface area contributed by atoms with Crippen LogP contribution in [-0.2, 0) is 6.54 Å². The number of ketones is 1. The molecule has 6 heteroatoms. The van der Waals surface area contributed by atoms with Gasteiger partial charge in [0, 0.05) is 24.3 Å². The Bertz CT molecular complexity index is 594. The molecular formula is C16H20Cl2N2O2. The Morgan fingerprint density at radius 3 is 2.55 bits per heavy atom. The van der Waals surface area contributed by atoms with E-state index in [2.05, 4.69) is 4.90 Å². The maximum Gasteiger partial charge on any atom is 0.216 e. The van der Waals surface area contributed by atoms with Crippen LogP contribution in [0.3, 0.4) is 0 Å². The number of carbonyl (C=O) groups is 1. The Hall–Kier alpha value is -1.49. The SMILES string of the molecule is CN(C)CCn1cccc1C(=O)COc1ccc(Cl)cc1.Cl. The van der Waals surface area contributed by atoms with Crippen LogP contribution in [0.15, 0.2) is 42.6 Å². The molecule has 0 unspecified atom stereocenters. The van der Waals surface area contributed by atoms with E-state index in [0.29, 0.717) is 16.5 Å². The number of nitrogens with zero attached hydrogens (tertiary/aromatic N) is 2. The zero-order valence-corrected chi connectivity index (χ0v) is 14.2. The van der Waals surface area contributed by atoms with E-state index < -0.39 is 0 Å². The first kappa shape index (κ1) is 18.6. The Labute approximate surface area is 142 Å². The lowest BCUT2D eigenvalue weighted by Crippen LogP contribution is -2.22. The summed E-state index contributed by atoms with van der Waals surface area (Å²) in [6, 6.07) is 10.7. The molecule has 22 heavy (non-hydrogen) atoms. The maximum absolute atomic E-state index is 12.2. The highest BCUT2D eigenvalue weighted by Gasteiger charge is 2.11. The van der Waals surface area contributed by atoms with Crippen LogP contribution in [0.5, 0.6) is 5.75 Å². The van der Waals surface area contributed by atoms with Crippen LogP contribution in [0.2, 0.25) is 5.02 Å². The minimum Gasteiger partial charge on any atom is -0.485 e. The molecule has 120 valence electrons. The van der Waals surface area contributed by atoms with Gasteiger partial charge in [0.05, 0.1) is 5.69 Å². The minimum atomic E-state index is -0.0336. The van der Waals surface area contributed by atoms with Gasteiger partial charge in [-0.1, -0.05) is 11.6 Å². The fourth-order valence-corrected chi connectivity index (χ4v) is 2.05. The number of aromatic nitrogens is 1. The average molecular weight is 343 g/mol. The van der Waals surface area contributed by atoms with Crippen molar-refractivity contribution >= 4 is 29.8 Å². The van der Waals surface area contributed by atoms with Gasteiger partial charge in [-0.05, 0) is 50.5 Å². The summed E-state index contributed by atoms with van der Waals surface area (Å²) >= 11 is 5.81. The Balaban J connectivity index is 0.00000242. The van der Waals surface area contributed by atoms with Gasteiger partial charge in [-0.3, -0.25) is 4.79 Å². The molecule has 4 nitrogen and oxygen atoms in total. The second-order valence-electron chi connectivity index (χ2n) is 5.06. The molecule has 0 aliphatic rings. The number of carbonyl (C=O) groups excluding carboxylic acids is 1. The molecule has 0 saturated heterocycles. The van der Waals surface area contributed by atoms with Gasteiger partial charge in [0.1, 0.15) is 5.75 Å². The number of likely N-dealkylation sites (N-methyl/N-ethyl adjacent to an activating group) is 1. The van der Waals surface area contributed by atoms with Crippen molar-refractivity contribution in [3.63, 3.8) is 0 Å². The normalized spacial score (nSPS) is 10.4. The van der Waals surface area contributed by atoms with Crippen molar-refractivity contribution in [3.8, 4) is 5.75 Å². The van der Waals surface area contributed by atoms with Crippen LogP contribution in [-0.4, -0.2) is 42.5 Å². The highest BCUT2D eigenvalue weighted by atomic mass is 35.5. The molecular weight excluding hydrogens is 323 g/mol. The molecule has 0 atom stereocenters. The van der Waals surface area contributed by atoms with Crippen LogP contribution in [0, 0.1) is 0 Å². The Morgan fingerprint density at radius 1 is 1.23 bits per heavy atom. The van der Waals surface area contributed by atoms with Crippen LogP contribution in [0.25, 0.3) is 0 Å². The van der Waals surface area contributed by atoms with Crippen LogP contribution < -0.4 is 4.74 Å². The molecule has 1 aromatic carbocycles. The molecule has 0 amide bonds. The molecule has 1 aromatic heterocycles. The molecule has 0 radical (unpaired) electrons. The van der Waals surface area contributed by atoms with Crippen LogP contribution in [0.4, 0.5) is 0 Å². The molecule has 2 rings (SSSR count).